The lowest BCUT2D eigenvalue weighted by Gasteiger charge is -2.05. The summed E-state index contributed by atoms with van der Waals surface area (Å²) in [6.07, 6.45) is 0.846. The zero-order valence-corrected chi connectivity index (χ0v) is 13.4. The third kappa shape index (κ3) is 2.27. The van der Waals surface area contributed by atoms with E-state index in [0.29, 0.717) is 11.6 Å². The van der Waals surface area contributed by atoms with Crippen molar-refractivity contribution in [2.45, 2.75) is 33.6 Å². The number of carbonyl (C=O) groups is 1. The zero-order chi connectivity index (χ0) is 15.1. The Bertz CT molecular complexity index is 830. The van der Waals surface area contributed by atoms with Crippen molar-refractivity contribution >= 4 is 22.6 Å². The topological polar surface area (TPSA) is 47.3 Å². The molecule has 0 amide bonds. The van der Waals surface area contributed by atoms with Crippen molar-refractivity contribution in [1.82, 2.24) is 14.6 Å². The first kappa shape index (κ1) is 13.9. The Kier molecular flexibility index (Phi) is 3.37. The minimum Gasteiger partial charge on any atom is -0.296 e. The summed E-state index contributed by atoms with van der Waals surface area (Å²) in [5.74, 6) is 0.334. The predicted molar refractivity (Wildman–Crippen MR) is 85.3 cm³/mol. The molecule has 2 aromatic heterocycles. The van der Waals surface area contributed by atoms with Gasteiger partial charge in [-0.2, -0.15) is 9.61 Å². The normalized spacial score (nSPS) is 11.5. The van der Waals surface area contributed by atoms with Crippen LogP contribution in [-0.2, 0) is 0 Å². The molecule has 0 saturated carbocycles. The van der Waals surface area contributed by atoms with E-state index in [0.717, 1.165) is 33.1 Å². The fourth-order valence-corrected chi connectivity index (χ4v) is 3.30. The number of aryl methyl sites for hydroxylation is 2. The van der Waals surface area contributed by atoms with E-state index in [1.54, 1.807) is 15.9 Å². The second-order valence-corrected chi connectivity index (χ2v) is 6.56. The van der Waals surface area contributed by atoms with Gasteiger partial charge < -0.3 is 0 Å². The van der Waals surface area contributed by atoms with Crippen LogP contribution in [0.15, 0.2) is 18.2 Å². The van der Waals surface area contributed by atoms with Crippen molar-refractivity contribution in [2.75, 3.05) is 0 Å². The standard InChI is InChI=1S/C16H17N3OS/c1-9(2)15-18-19-13(8-20)14(17-16(19)21-15)12-6-5-10(3)7-11(12)4/h5-9H,1-4H3. The molecule has 108 valence electrons. The van der Waals surface area contributed by atoms with Gasteiger partial charge in [-0.1, -0.05) is 48.9 Å². The van der Waals surface area contributed by atoms with Gasteiger partial charge >= 0.3 is 0 Å². The molecule has 3 aromatic rings. The fraction of sp³-hybridized carbons (Fsp3) is 0.312. The fourth-order valence-electron chi connectivity index (χ4n) is 2.40. The van der Waals surface area contributed by atoms with Crippen molar-refractivity contribution in [3.8, 4) is 11.3 Å². The maximum Gasteiger partial charge on any atom is 0.213 e. The van der Waals surface area contributed by atoms with Crippen LogP contribution in [0.2, 0.25) is 0 Å². The highest BCUT2D eigenvalue weighted by Gasteiger charge is 2.19. The Labute approximate surface area is 127 Å². The smallest absolute Gasteiger partial charge is 0.213 e. The van der Waals surface area contributed by atoms with E-state index in [-0.39, 0.29) is 0 Å². The van der Waals surface area contributed by atoms with Gasteiger partial charge in [-0.05, 0) is 19.4 Å². The van der Waals surface area contributed by atoms with E-state index >= 15 is 0 Å². The molecule has 21 heavy (non-hydrogen) atoms. The van der Waals surface area contributed by atoms with E-state index in [2.05, 4.69) is 36.9 Å². The molecule has 0 aliphatic rings. The van der Waals surface area contributed by atoms with E-state index in [9.17, 15) is 4.79 Å². The molecule has 0 spiro atoms. The largest absolute Gasteiger partial charge is 0.296 e. The molecule has 2 heterocycles. The van der Waals surface area contributed by atoms with Crippen LogP contribution >= 0.6 is 11.3 Å². The van der Waals surface area contributed by atoms with E-state index in [4.69, 9.17) is 0 Å². The molecule has 0 fully saturated rings. The third-order valence-corrected chi connectivity index (χ3v) is 4.71. The first-order chi connectivity index (χ1) is 10.0. The van der Waals surface area contributed by atoms with Gasteiger partial charge in [0.1, 0.15) is 16.4 Å². The summed E-state index contributed by atoms with van der Waals surface area (Å²) < 4.78 is 1.67. The molecule has 0 bridgehead atoms. The monoisotopic (exact) mass is 299 g/mol. The van der Waals surface area contributed by atoms with Crippen LogP contribution in [0.1, 0.15) is 46.4 Å². The first-order valence-corrected chi connectivity index (χ1v) is 7.75. The molecule has 0 radical (unpaired) electrons. The average molecular weight is 299 g/mol. The quantitative estimate of drug-likeness (QED) is 0.686. The highest BCUT2D eigenvalue weighted by atomic mass is 32.1. The average Bonchev–Trinajstić information content (AvgIpc) is 2.95. The molecule has 4 nitrogen and oxygen atoms in total. The van der Waals surface area contributed by atoms with E-state index in [1.807, 2.05) is 19.1 Å². The number of benzene rings is 1. The van der Waals surface area contributed by atoms with Gasteiger partial charge in [0, 0.05) is 11.5 Å². The summed E-state index contributed by atoms with van der Waals surface area (Å²) in [6, 6.07) is 6.16. The maximum atomic E-state index is 11.5. The Morgan fingerprint density at radius 1 is 1.29 bits per heavy atom. The van der Waals surface area contributed by atoms with Crippen molar-refractivity contribution in [3.63, 3.8) is 0 Å². The number of aldehydes is 1. The highest BCUT2D eigenvalue weighted by molar-refractivity contribution is 7.16. The molecular formula is C16H17N3OS. The lowest BCUT2D eigenvalue weighted by molar-refractivity contribution is 0.111. The van der Waals surface area contributed by atoms with Gasteiger partial charge in [0.15, 0.2) is 6.29 Å². The molecule has 0 aliphatic carbocycles. The molecular weight excluding hydrogens is 282 g/mol. The van der Waals surface area contributed by atoms with Crippen molar-refractivity contribution in [1.29, 1.82) is 0 Å². The number of rotatable bonds is 3. The summed E-state index contributed by atoms with van der Waals surface area (Å²) >= 11 is 1.54. The van der Waals surface area contributed by atoms with Gasteiger partial charge in [0.2, 0.25) is 4.96 Å². The van der Waals surface area contributed by atoms with Gasteiger partial charge in [-0.15, -0.1) is 0 Å². The number of aromatic nitrogens is 3. The minimum absolute atomic E-state index is 0.334. The summed E-state index contributed by atoms with van der Waals surface area (Å²) in [6.45, 7) is 8.27. The van der Waals surface area contributed by atoms with Crippen LogP contribution in [0.25, 0.3) is 16.2 Å². The summed E-state index contributed by atoms with van der Waals surface area (Å²) in [5, 5.41) is 5.51. The van der Waals surface area contributed by atoms with Gasteiger partial charge in [-0.3, -0.25) is 4.79 Å². The molecule has 0 aliphatic heterocycles. The Morgan fingerprint density at radius 3 is 2.67 bits per heavy atom. The predicted octanol–water partition coefficient (Wildman–Crippen LogP) is 4.01. The second-order valence-electron chi connectivity index (χ2n) is 5.57. The van der Waals surface area contributed by atoms with Crippen LogP contribution in [0.4, 0.5) is 0 Å². The molecule has 0 N–H and O–H groups in total. The molecule has 5 heteroatoms. The molecule has 0 unspecified atom stereocenters. The Hall–Kier alpha value is -2.01. The Morgan fingerprint density at radius 2 is 2.05 bits per heavy atom. The molecule has 3 rings (SSSR count). The van der Waals surface area contributed by atoms with Crippen molar-refractivity contribution < 1.29 is 4.79 Å². The molecule has 0 saturated heterocycles. The highest BCUT2D eigenvalue weighted by Crippen LogP contribution is 2.30. The van der Waals surface area contributed by atoms with Gasteiger partial charge in [-0.25, -0.2) is 4.98 Å². The molecule has 1 aromatic carbocycles. The number of hydrogen-bond donors (Lipinski definition) is 0. The summed E-state index contributed by atoms with van der Waals surface area (Å²) in [4.78, 5) is 16.9. The Balaban J connectivity index is 2.23. The van der Waals surface area contributed by atoms with Crippen molar-refractivity contribution in [2.24, 2.45) is 0 Å². The summed E-state index contributed by atoms with van der Waals surface area (Å²) in [7, 11) is 0. The van der Waals surface area contributed by atoms with E-state index in [1.165, 1.54) is 5.56 Å². The number of fused-ring (bicyclic) bond motifs is 1. The number of imidazole rings is 1. The first-order valence-electron chi connectivity index (χ1n) is 6.93. The second kappa shape index (κ2) is 5.07. The van der Waals surface area contributed by atoms with Gasteiger partial charge in [0.05, 0.1) is 0 Å². The van der Waals surface area contributed by atoms with Gasteiger partial charge in [0.25, 0.3) is 0 Å². The zero-order valence-electron chi connectivity index (χ0n) is 12.5. The van der Waals surface area contributed by atoms with Crippen LogP contribution in [0.5, 0.6) is 0 Å². The lowest BCUT2D eigenvalue weighted by Crippen LogP contribution is -1.97. The van der Waals surface area contributed by atoms with Crippen LogP contribution in [0, 0.1) is 13.8 Å². The summed E-state index contributed by atoms with van der Waals surface area (Å²) in [5.41, 5.74) is 4.56. The lowest BCUT2D eigenvalue weighted by atomic mass is 10.0. The third-order valence-electron chi connectivity index (χ3n) is 3.50. The van der Waals surface area contributed by atoms with Crippen LogP contribution in [-0.4, -0.2) is 20.9 Å². The number of nitrogens with zero attached hydrogens (tertiary/aromatic N) is 3. The van der Waals surface area contributed by atoms with Crippen molar-refractivity contribution in [3.05, 3.63) is 40.0 Å². The number of carbonyl (C=O) groups excluding carboxylic acids is 1. The van der Waals surface area contributed by atoms with Crippen LogP contribution < -0.4 is 0 Å². The van der Waals surface area contributed by atoms with E-state index < -0.39 is 0 Å². The van der Waals surface area contributed by atoms with Crippen LogP contribution in [0.3, 0.4) is 0 Å². The maximum absolute atomic E-state index is 11.5. The number of hydrogen-bond acceptors (Lipinski definition) is 4. The minimum atomic E-state index is 0.334. The SMILES string of the molecule is Cc1ccc(-c2nc3sc(C(C)C)nn3c2C=O)c(C)c1. The molecule has 0 atom stereocenters.